The summed E-state index contributed by atoms with van der Waals surface area (Å²) in [6.45, 7) is 3.04. The van der Waals surface area contributed by atoms with Crippen molar-refractivity contribution in [2.24, 2.45) is 0 Å². The first-order chi connectivity index (χ1) is 5.79. The minimum atomic E-state index is -0.311. The molecule has 0 bridgehead atoms. The molecular weight excluding hydrogens is 154 g/mol. The summed E-state index contributed by atoms with van der Waals surface area (Å²) < 4.78 is 0. The molecule has 0 amide bonds. The van der Waals surface area contributed by atoms with Crippen molar-refractivity contribution in [1.29, 1.82) is 0 Å². The van der Waals surface area contributed by atoms with Crippen LogP contribution in [0.15, 0.2) is 18.7 Å². The van der Waals surface area contributed by atoms with Crippen molar-refractivity contribution in [3.05, 3.63) is 24.3 Å². The first kappa shape index (κ1) is 9.09. The monoisotopic (exact) mass is 167 g/mol. The summed E-state index contributed by atoms with van der Waals surface area (Å²) in [5, 5.41) is 12.0. The van der Waals surface area contributed by atoms with Crippen LogP contribution in [0.1, 0.15) is 12.5 Å². The summed E-state index contributed by atoms with van der Waals surface area (Å²) in [6.07, 6.45) is 4.69. The van der Waals surface area contributed by atoms with E-state index in [0.29, 0.717) is 13.1 Å². The molecule has 0 aromatic carbocycles. The molecule has 2 N–H and O–H groups in total. The zero-order chi connectivity index (χ0) is 8.81. The predicted molar refractivity (Wildman–Crippen MR) is 45.4 cm³/mol. The lowest BCUT2D eigenvalue weighted by Crippen LogP contribution is -2.23. The average molecular weight is 167 g/mol. The van der Waals surface area contributed by atoms with Gasteiger partial charge < -0.3 is 10.4 Å². The van der Waals surface area contributed by atoms with Gasteiger partial charge in [0, 0.05) is 31.0 Å². The van der Waals surface area contributed by atoms with Crippen LogP contribution in [0.4, 0.5) is 0 Å². The third-order valence-corrected chi connectivity index (χ3v) is 1.38. The third-order valence-electron chi connectivity index (χ3n) is 1.38. The van der Waals surface area contributed by atoms with Crippen LogP contribution in [-0.2, 0) is 6.54 Å². The van der Waals surface area contributed by atoms with Gasteiger partial charge in [0.2, 0.25) is 0 Å². The fourth-order valence-corrected chi connectivity index (χ4v) is 0.847. The first-order valence-electron chi connectivity index (χ1n) is 3.91. The van der Waals surface area contributed by atoms with Crippen LogP contribution in [0, 0.1) is 0 Å². The summed E-state index contributed by atoms with van der Waals surface area (Å²) in [5.74, 6) is 0. The molecule has 1 aromatic heterocycles. The Morgan fingerprint density at radius 2 is 2.17 bits per heavy atom. The summed E-state index contributed by atoms with van der Waals surface area (Å²) in [5.41, 5.74) is 1.03. The van der Waals surface area contributed by atoms with E-state index in [1.165, 1.54) is 6.33 Å². The van der Waals surface area contributed by atoms with E-state index < -0.39 is 0 Å². The van der Waals surface area contributed by atoms with Gasteiger partial charge in [-0.25, -0.2) is 9.97 Å². The van der Waals surface area contributed by atoms with E-state index in [4.69, 9.17) is 5.11 Å². The SMILES string of the molecule is CC(O)CNCc1cncnc1. The summed E-state index contributed by atoms with van der Waals surface area (Å²) in [7, 11) is 0. The number of nitrogens with zero attached hydrogens (tertiary/aromatic N) is 2. The standard InChI is InChI=1S/C8H13N3O/c1-7(12)2-9-3-8-4-10-6-11-5-8/h4-7,9,12H,2-3H2,1H3. The van der Waals surface area contributed by atoms with Gasteiger partial charge in [-0.05, 0) is 6.92 Å². The molecule has 1 atom stereocenters. The van der Waals surface area contributed by atoms with Gasteiger partial charge in [0.25, 0.3) is 0 Å². The molecule has 0 spiro atoms. The van der Waals surface area contributed by atoms with Gasteiger partial charge in [-0.15, -0.1) is 0 Å². The normalized spacial score (nSPS) is 12.8. The second-order valence-corrected chi connectivity index (χ2v) is 2.73. The molecule has 4 nitrogen and oxygen atoms in total. The molecule has 0 saturated heterocycles. The Balaban J connectivity index is 2.25. The van der Waals surface area contributed by atoms with Crippen molar-refractivity contribution in [3.63, 3.8) is 0 Å². The average Bonchev–Trinajstić information content (AvgIpc) is 2.05. The van der Waals surface area contributed by atoms with Crippen LogP contribution in [-0.4, -0.2) is 27.7 Å². The largest absolute Gasteiger partial charge is 0.392 e. The zero-order valence-corrected chi connectivity index (χ0v) is 7.07. The number of aliphatic hydroxyl groups is 1. The first-order valence-corrected chi connectivity index (χ1v) is 3.91. The topological polar surface area (TPSA) is 58.0 Å². The molecule has 4 heteroatoms. The molecule has 1 heterocycles. The van der Waals surface area contributed by atoms with E-state index >= 15 is 0 Å². The van der Waals surface area contributed by atoms with Gasteiger partial charge in [0.05, 0.1) is 6.10 Å². The van der Waals surface area contributed by atoms with Crippen LogP contribution in [0.2, 0.25) is 0 Å². The van der Waals surface area contributed by atoms with Crippen LogP contribution in [0.25, 0.3) is 0 Å². The number of hydrogen-bond donors (Lipinski definition) is 2. The lowest BCUT2D eigenvalue weighted by atomic mass is 10.3. The van der Waals surface area contributed by atoms with Crippen molar-refractivity contribution in [1.82, 2.24) is 15.3 Å². The van der Waals surface area contributed by atoms with Gasteiger partial charge in [0.1, 0.15) is 6.33 Å². The Labute approximate surface area is 71.7 Å². The van der Waals surface area contributed by atoms with E-state index in [1.54, 1.807) is 19.3 Å². The molecule has 0 radical (unpaired) electrons. The van der Waals surface area contributed by atoms with Gasteiger partial charge in [-0.3, -0.25) is 0 Å². The second kappa shape index (κ2) is 4.79. The van der Waals surface area contributed by atoms with Gasteiger partial charge in [-0.1, -0.05) is 0 Å². The van der Waals surface area contributed by atoms with Gasteiger partial charge in [0.15, 0.2) is 0 Å². The Morgan fingerprint density at radius 3 is 2.75 bits per heavy atom. The fraction of sp³-hybridized carbons (Fsp3) is 0.500. The summed E-state index contributed by atoms with van der Waals surface area (Å²) >= 11 is 0. The Morgan fingerprint density at radius 1 is 1.50 bits per heavy atom. The Hall–Kier alpha value is -1.00. The van der Waals surface area contributed by atoms with E-state index in [-0.39, 0.29) is 6.10 Å². The number of rotatable bonds is 4. The molecule has 1 rings (SSSR count). The molecule has 0 aliphatic carbocycles. The van der Waals surface area contributed by atoms with Gasteiger partial charge in [-0.2, -0.15) is 0 Å². The van der Waals surface area contributed by atoms with E-state index in [2.05, 4.69) is 15.3 Å². The van der Waals surface area contributed by atoms with Crippen molar-refractivity contribution >= 4 is 0 Å². The minimum Gasteiger partial charge on any atom is -0.392 e. The smallest absolute Gasteiger partial charge is 0.115 e. The van der Waals surface area contributed by atoms with Crippen LogP contribution in [0.5, 0.6) is 0 Å². The fourth-order valence-electron chi connectivity index (χ4n) is 0.847. The number of aromatic nitrogens is 2. The van der Waals surface area contributed by atoms with Gasteiger partial charge >= 0.3 is 0 Å². The highest BCUT2D eigenvalue weighted by Crippen LogP contribution is 1.91. The number of hydrogen-bond acceptors (Lipinski definition) is 4. The van der Waals surface area contributed by atoms with E-state index in [0.717, 1.165) is 5.56 Å². The van der Waals surface area contributed by atoms with Crippen LogP contribution < -0.4 is 5.32 Å². The van der Waals surface area contributed by atoms with Crippen molar-refractivity contribution in [2.45, 2.75) is 19.6 Å². The van der Waals surface area contributed by atoms with Crippen molar-refractivity contribution in [3.8, 4) is 0 Å². The molecule has 66 valence electrons. The maximum absolute atomic E-state index is 8.94. The zero-order valence-electron chi connectivity index (χ0n) is 7.07. The summed E-state index contributed by atoms with van der Waals surface area (Å²) in [4.78, 5) is 7.74. The lowest BCUT2D eigenvalue weighted by Gasteiger charge is -2.05. The predicted octanol–water partition coefficient (Wildman–Crippen LogP) is -0.0530. The lowest BCUT2D eigenvalue weighted by molar-refractivity contribution is 0.191. The molecule has 1 unspecified atom stereocenters. The van der Waals surface area contributed by atoms with Crippen molar-refractivity contribution in [2.75, 3.05) is 6.54 Å². The molecule has 0 aliphatic rings. The number of nitrogens with one attached hydrogen (secondary N) is 1. The quantitative estimate of drug-likeness (QED) is 0.660. The highest BCUT2D eigenvalue weighted by molar-refractivity contribution is 5.01. The van der Waals surface area contributed by atoms with E-state index in [1.807, 2.05) is 0 Å². The second-order valence-electron chi connectivity index (χ2n) is 2.73. The number of aliphatic hydroxyl groups excluding tert-OH is 1. The summed E-state index contributed by atoms with van der Waals surface area (Å²) in [6, 6.07) is 0. The Bertz CT molecular complexity index is 213. The molecule has 1 aromatic rings. The van der Waals surface area contributed by atoms with Crippen LogP contribution in [0.3, 0.4) is 0 Å². The molecule has 0 fully saturated rings. The minimum absolute atomic E-state index is 0.311. The third kappa shape index (κ3) is 3.41. The molecular formula is C8H13N3O. The highest BCUT2D eigenvalue weighted by Gasteiger charge is 1.95. The Kier molecular flexibility index (Phi) is 3.63. The maximum Gasteiger partial charge on any atom is 0.115 e. The highest BCUT2D eigenvalue weighted by atomic mass is 16.3. The van der Waals surface area contributed by atoms with Crippen LogP contribution >= 0.6 is 0 Å². The molecule has 12 heavy (non-hydrogen) atoms. The maximum atomic E-state index is 8.94. The molecule has 0 aliphatic heterocycles. The van der Waals surface area contributed by atoms with Crippen molar-refractivity contribution < 1.29 is 5.11 Å². The van der Waals surface area contributed by atoms with E-state index in [9.17, 15) is 0 Å². The molecule has 0 saturated carbocycles.